The van der Waals surface area contributed by atoms with Gasteiger partial charge in [0.15, 0.2) is 0 Å². The quantitative estimate of drug-likeness (QED) is 0.145. The van der Waals surface area contributed by atoms with Crippen LogP contribution in [0.4, 0.5) is 0 Å². The van der Waals surface area contributed by atoms with E-state index in [1.54, 1.807) is 0 Å². The van der Waals surface area contributed by atoms with Gasteiger partial charge in [-0.2, -0.15) is 0 Å². The third kappa shape index (κ3) is 5.65. The molecular weight excluding hydrogens is 717 g/mol. The van der Waals surface area contributed by atoms with Crippen LogP contribution in [0.5, 0.6) is 0 Å². The van der Waals surface area contributed by atoms with E-state index in [2.05, 4.69) is 224 Å². The van der Waals surface area contributed by atoms with Crippen molar-refractivity contribution in [3.63, 3.8) is 0 Å². The minimum Gasteiger partial charge on any atom is -0.135 e. The molecule has 58 heavy (non-hydrogen) atoms. The van der Waals surface area contributed by atoms with E-state index < -0.39 is 5.41 Å². The largest absolute Gasteiger partial charge is 0.135 e. The highest BCUT2D eigenvalue weighted by Crippen LogP contribution is 2.58. The normalized spacial score (nSPS) is 13.3. The number of benzene rings is 9. The van der Waals surface area contributed by atoms with Gasteiger partial charge in [-0.15, -0.1) is 11.3 Å². The Bertz CT molecular complexity index is 3000. The molecule has 0 amide bonds. The van der Waals surface area contributed by atoms with Crippen molar-refractivity contribution in [1.82, 2.24) is 0 Å². The van der Waals surface area contributed by atoms with Crippen molar-refractivity contribution in [1.29, 1.82) is 0 Å². The van der Waals surface area contributed by atoms with Crippen molar-refractivity contribution in [2.24, 2.45) is 0 Å². The van der Waals surface area contributed by atoms with Crippen LogP contribution >= 0.6 is 11.3 Å². The Labute approximate surface area is 344 Å². The third-order valence-electron chi connectivity index (χ3n) is 12.4. The number of hydrogen-bond acceptors (Lipinski definition) is 1. The predicted octanol–water partition coefficient (Wildman–Crippen LogP) is 15.1. The molecule has 0 nitrogen and oxygen atoms in total. The fraction of sp³-hybridized carbons (Fsp3) is 0.0526. The van der Waals surface area contributed by atoms with Crippen LogP contribution < -0.4 is 0 Å². The summed E-state index contributed by atoms with van der Waals surface area (Å²) in [4.78, 5) is 0. The molecule has 1 aromatic heterocycles. The molecule has 0 spiro atoms. The second-order valence-electron chi connectivity index (χ2n) is 15.6. The van der Waals surface area contributed by atoms with Crippen molar-refractivity contribution >= 4 is 31.5 Å². The van der Waals surface area contributed by atoms with Gasteiger partial charge in [0.25, 0.3) is 0 Å². The zero-order chi connectivity index (χ0) is 38.5. The summed E-state index contributed by atoms with van der Waals surface area (Å²) in [7, 11) is 0. The van der Waals surface area contributed by atoms with Gasteiger partial charge in [0.2, 0.25) is 0 Å². The molecular formula is C57H40S. The van der Waals surface area contributed by atoms with Crippen LogP contribution in [0.15, 0.2) is 224 Å². The molecule has 1 unspecified atom stereocenters. The van der Waals surface area contributed by atoms with E-state index in [9.17, 15) is 0 Å². The van der Waals surface area contributed by atoms with E-state index in [4.69, 9.17) is 0 Å². The van der Waals surface area contributed by atoms with Gasteiger partial charge in [0.05, 0.1) is 5.41 Å². The lowest BCUT2D eigenvalue weighted by atomic mass is 9.66. The summed E-state index contributed by atoms with van der Waals surface area (Å²) in [5.41, 5.74) is 16.5. The summed E-state index contributed by atoms with van der Waals surface area (Å²) < 4.78 is 2.64. The van der Waals surface area contributed by atoms with Gasteiger partial charge in [-0.3, -0.25) is 0 Å². The smallest absolute Gasteiger partial charge is 0.0720 e. The van der Waals surface area contributed by atoms with E-state index in [1.165, 1.54) is 92.5 Å². The van der Waals surface area contributed by atoms with Gasteiger partial charge in [-0.25, -0.2) is 0 Å². The van der Waals surface area contributed by atoms with Gasteiger partial charge < -0.3 is 0 Å². The van der Waals surface area contributed by atoms with Crippen molar-refractivity contribution in [3.05, 3.63) is 263 Å². The lowest BCUT2D eigenvalue weighted by Gasteiger charge is -2.34. The molecule has 0 fully saturated rings. The highest BCUT2D eigenvalue weighted by Gasteiger charge is 2.47. The number of rotatable bonds is 8. The molecule has 0 bridgehead atoms. The van der Waals surface area contributed by atoms with Crippen LogP contribution in [0.2, 0.25) is 0 Å². The van der Waals surface area contributed by atoms with Crippen LogP contribution in [-0.2, 0) is 11.8 Å². The summed E-state index contributed by atoms with van der Waals surface area (Å²) in [6, 6.07) is 83.5. The van der Waals surface area contributed by atoms with Crippen LogP contribution in [0.25, 0.3) is 53.6 Å². The van der Waals surface area contributed by atoms with Crippen LogP contribution in [-0.4, -0.2) is 0 Å². The molecule has 11 rings (SSSR count). The maximum Gasteiger partial charge on any atom is 0.0720 e. The highest BCUT2D eigenvalue weighted by molar-refractivity contribution is 7.25. The number of fused-ring (bicyclic) bond motifs is 6. The number of hydrogen-bond donors (Lipinski definition) is 0. The molecule has 0 N–H and O–H groups in total. The standard InChI is InChI=1S/C57H40S/c1-4-15-40(16-5-1)42-29-27-39(28-30-42)37-49(44-33-31-43(32-34-44)41-17-6-2-7-18-41)45-35-36-54-50(38-45)56-53(25-14-26-55(56)58-54)57(46-19-8-3-9-20-46)51-23-12-10-21-47(51)48-22-11-13-24-52(48)57/h1-36,38,49H,37H2. The molecule has 1 atom stereocenters. The molecule has 9 aromatic carbocycles. The topological polar surface area (TPSA) is 0 Å². The zero-order valence-corrected chi connectivity index (χ0v) is 32.9. The monoisotopic (exact) mass is 756 g/mol. The SMILES string of the molecule is c1ccc(-c2ccc(CC(c3ccc(-c4ccccc4)cc3)c3ccc4sc5cccc(C6(c7ccccc7)c7ccccc7-c7ccccc76)c5c4c3)cc2)cc1. The van der Waals surface area contributed by atoms with Crippen molar-refractivity contribution in [2.45, 2.75) is 17.8 Å². The molecule has 10 aromatic rings. The van der Waals surface area contributed by atoms with Crippen molar-refractivity contribution in [3.8, 4) is 33.4 Å². The van der Waals surface area contributed by atoms with E-state index in [-0.39, 0.29) is 5.92 Å². The Morgan fingerprint density at radius 2 is 0.879 bits per heavy atom. The lowest BCUT2D eigenvalue weighted by Crippen LogP contribution is -2.28. The fourth-order valence-corrected chi connectivity index (χ4v) is 10.8. The number of thiophene rings is 1. The molecule has 0 aliphatic heterocycles. The Balaban J connectivity index is 1.10. The van der Waals surface area contributed by atoms with Gasteiger partial charge in [0.1, 0.15) is 0 Å². The first-order valence-corrected chi connectivity index (χ1v) is 21.1. The molecule has 0 radical (unpaired) electrons. The maximum atomic E-state index is 2.53. The summed E-state index contributed by atoms with van der Waals surface area (Å²) in [5, 5.41) is 2.68. The predicted molar refractivity (Wildman–Crippen MR) is 246 cm³/mol. The van der Waals surface area contributed by atoms with E-state index >= 15 is 0 Å². The van der Waals surface area contributed by atoms with Crippen LogP contribution in [0, 0.1) is 0 Å². The molecule has 274 valence electrons. The molecule has 1 heterocycles. The van der Waals surface area contributed by atoms with E-state index in [1.807, 2.05) is 11.3 Å². The molecule has 1 aliphatic carbocycles. The Hall–Kier alpha value is -6.80. The molecule has 1 heteroatoms. The minimum atomic E-state index is -0.467. The highest BCUT2D eigenvalue weighted by atomic mass is 32.1. The molecule has 1 aliphatic rings. The first kappa shape index (κ1) is 34.4. The Morgan fingerprint density at radius 3 is 1.50 bits per heavy atom. The van der Waals surface area contributed by atoms with E-state index in [0.717, 1.165) is 6.42 Å². The zero-order valence-electron chi connectivity index (χ0n) is 32.1. The average Bonchev–Trinajstić information content (AvgIpc) is 3.83. The summed E-state index contributed by atoms with van der Waals surface area (Å²) >= 11 is 1.91. The van der Waals surface area contributed by atoms with Crippen LogP contribution in [0.1, 0.15) is 44.9 Å². The summed E-state index contributed by atoms with van der Waals surface area (Å²) in [6.07, 6.45) is 0.898. The lowest BCUT2D eigenvalue weighted by molar-refractivity contribution is 0.777. The third-order valence-corrected chi connectivity index (χ3v) is 13.5. The maximum absolute atomic E-state index is 2.53. The Kier molecular flexibility index (Phi) is 8.49. The van der Waals surface area contributed by atoms with Gasteiger partial charge >= 0.3 is 0 Å². The summed E-state index contributed by atoms with van der Waals surface area (Å²) in [5.74, 6) is 0.162. The summed E-state index contributed by atoms with van der Waals surface area (Å²) in [6.45, 7) is 0. The van der Waals surface area contributed by atoms with Gasteiger partial charge in [-0.1, -0.05) is 206 Å². The van der Waals surface area contributed by atoms with E-state index in [0.29, 0.717) is 0 Å². The molecule has 0 saturated carbocycles. The van der Waals surface area contributed by atoms with Crippen LogP contribution in [0.3, 0.4) is 0 Å². The minimum absolute atomic E-state index is 0.162. The van der Waals surface area contributed by atoms with Crippen molar-refractivity contribution in [2.75, 3.05) is 0 Å². The van der Waals surface area contributed by atoms with Gasteiger partial charge in [0, 0.05) is 26.1 Å². The van der Waals surface area contributed by atoms with Gasteiger partial charge in [-0.05, 0) is 96.9 Å². The molecule has 0 saturated heterocycles. The Morgan fingerprint density at radius 1 is 0.379 bits per heavy atom. The van der Waals surface area contributed by atoms with Crippen molar-refractivity contribution < 1.29 is 0 Å². The average molecular weight is 757 g/mol. The first-order valence-electron chi connectivity index (χ1n) is 20.3. The first-order chi connectivity index (χ1) is 28.8. The fourth-order valence-electron chi connectivity index (χ4n) is 9.72. The second-order valence-corrected chi connectivity index (χ2v) is 16.6. The second kappa shape index (κ2) is 14.3.